The highest BCUT2D eigenvalue weighted by molar-refractivity contribution is 6.30. The predicted octanol–water partition coefficient (Wildman–Crippen LogP) is 1.33. The number of H-pyrrole nitrogens is 1. The van der Waals surface area contributed by atoms with Crippen LogP contribution in [0, 0.1) is 5.41 Å². The Labute approximate surface area is 161 Å². The summed E-state index contributed by atoms with van der Waals surface area (Å²) in [4.78, 5) is 35.5. The van der Waals surface area contributed by atoms with E-state index in [0.717, 1.165) is 5.56 Å². The molecule has 7 nitrogen and oxygen atoms in total. The van der Waals surface area contributed by atoms with Gasteiger partial charge in [-0.1, -0.05) is 23.7 Å². The minimum absolute atomic E-state index is 0.141. The summed E-state index contributed by atoms with van der Waals surface area (Å²) in [5.74, 6) is 0.738. The number of ether oxygens (including phenoxy) is 1. The Morgan fingerprint density at radius 3 is 2.59 bits per heavy atom. The summed E-state index contributed by atoms with van der Waals surface area (Å²) < 4.78 is 5.38. The lowest BCUT2D eigenvalue weighted by atomic mass is 9.73. The molecule has 0 radical (unpaired) electrons. The normalized spacial score (nSPS) is 18.9. The molecular formula is C19H21ClN4O3. The van der Waals surface area contributed by atoms with Gasteiger partial charge < -0.3 is 19.5 Å². The molecule has 2 aromatic rings. The standard InChI is InChI=1S/C19H21ClN4O3/c20-15-3-1-14(2-4-15)10-19(18(26)23-5-7-27-8-6-23)11-24(12-19)16-9-17(25)22-13-21-16/h1-4,9,13H,5-8,10-12H2,(H,21,22,25). The maximum Gasteiger partial charge on any atom is 0.252 e. The van der Waals surface area contributed by atoms with Crippen molar-refractivity contribution < 1.29 is 9.53 Å². The van der Waals surface area contributed by atoms with Gasteiger partial charge in [0.15, 0.2) is 0 Å². The summed E-state index contributed by atoms with van der Waals surface area (Å²) >= 11 is 5.99. The lowest BCUT2D eigenvalue weighted by molar-refractivity contribution is -0.148. The van der Waals surface area contributed by atoms with Gasteiger partial charge in [-0.05, 0) is 24.1 Å². The van der Waals surface area contributed by atoms with Gasteiger partial charge in [0, 0.05) is 37.3 Å². The molecule has 0 aliphatic carbocycles. The number of aromatic nitrogens is 2. The third-order valence-electron chi connectivity index (χ3n) is 5.18. The predicted molar refractivity (Wildman–Crippen MR) is 102 cm³/mol. The quantitative estimate of drug-likeness (QED) is 0.855. The van der Waals surface area contributed by atoms with E-state index < -0.39 is 5.41 Å². The topological polar surface area (TPSA) is 78.5 Å². The van der Waals surface area contributed by atoms with Crippen molar-refractivity contribution >= 4 is 23.3 Å². The van der Waals surface area contributed by atoms with E-state index in [1.54, 1.807) is 0 Å². The number of anilines is 1. The number of carbonyl (C=O) groups excluding carboxylic acids is 1. The van der Waals surface area contributed by atoms with Gasteiger partial charge in [0.25, 0.3) is 5.56 Å². The third-order valence-corrected chi connectivity index (χ3v) is 5.43. The molecular weight excluding hydrogens is 368 g/mol. The number of aromatic amines is 1. The zero-order valence-corrected chi connectivity index (χ0v) is 15.6. The first-order valence-corrected chi connectivity index (χ1v) is 9.35. The zero-order chi connectivity index (χ0) is 18.9. The molecule has 142 valence electrons. The van der Waals surface area contributed by atoms with Crippen molar-refractivity contribution in [2.24, 2.45) is 5.41 Å². The van der Waals surface area contributed by atoms with Crippen LogP contribution in [0.5, 0.6) is 0 Å². The second kappa shape index (κ2) is 7.32. The minimum atomic E-state index is -0.532. The van der Waals surface area contributed by atoms with Gasteiger partial charge in [0.1, 0.15) is 5.82 Å². The fourth-order valence-electron chi connectivity index (χ4n) is 3.80. The number of benzene rings is 1. The third kappa shape index (κ3) is 3.70. The summed E-state index contributed by atoms with van der Waals surface area (Å²) in [6.45, 7) is 3.43. The number of amides is 1. The molecule has 1 aromatic heterocycles. The maximum atomic E-state index is 13.3. The number of nitrogens with zero attached hydrogens (tertiary/aromatic N) is 3. The van der Waals surface area contributed by atoms with Crippen LogP contribution in [0.2, 0.25) is 5.02 Å². The molecule has 2 saturated heterocycles. The molecule has 0 spiro atoms. The van der Waals surface area contributed by atoms with Crippen LogP contribution in [0.15, 0.2) is 41.5 Å². The second-order valence-electron chi connectivity index (χ2n) is 7.11. The Morgan fingerprint density at radius 2 is 1.93 bits per heavy atom. The van der Waals surface area contributed by atoms with Crippen molar-refractivity contribution in [3.05, 3.63) is 57.6 Å². The summed E-state index contributed by atoms with van der Waals surface area (Å²) in [6, 6.07) is 9.08. The molecule has 2 fully saturated rings. The molecule has 4 rings (SSSR count). The average Bonchev–Trinajstić information content (AvgIpc) is 2.66. The number of nitrogens with one attached hydrogen (secondary N) is 1. The van der Waals surface area contributed by atoms with E-state index in [9.17, 15) is 9.59 Å². The molecule has 0 bridgehead atoms. The van der Waals surface area contributed by atoms with E-state index in [1.807, 2.05) is 34.1 Å². The Balaban J connectivity index is 1.57. The van der Waals surface area contributed by atoms with Gasteiger partial charge in [0.2, 0.25) is 5.91 Å². The first-order valence-electron chi connectivity index (χ1n) is 8.97. The lowest BCUT2D eigenvalue weighted by Crippen LogP contribution is -2.66. The van der Waals surface area contributed by atoms with E-state index in [4.69, 9.17) is 16.3 Å². The van der Waals surface area contributed by atoms with Gasteiger partial charge in [-0.15, -0.1) is 0 Å². The van der Waals surface area contributed by atoms with E-state index in [-0.39, 0.29) is 11.5 Å². The Morgan fingerprint density at radius 1 is 1.22 bits per heavy atom. The Kier molecular flexibility index (Phi) is 4.88. The number of rotatable bonds is 4. The molecule has 1 amide bonds. The monoisotopic (exact) mass is 388 g/mol. The van der Waals surface area contributed by atoms with Crippen LogP contribution in [-0.4, -0.2) is 60.2 Å². The summed E-state index contributed by atoms with van der Waals surface area (Å²) in [5.41, 5.74) is 0.337. The van der Waals surface area contributed by atoms with Crippen molar-refractivity contribution in [2.75, 3.05) is 44.3 Å². The number of halogens is 1. The maximum absolute atomic E-state index is 13.3. The molecule has 0 saturated carbocycles. The number of hydrogen-bond donors (Lipinski definition) is 1. The van der Waals surface area contributed by atoms with Crippen molar-refractivity contribution in [3.8, 4) is 0 Å². The van der Waals surface area contributed by atoms with Crippen molar-refractivity contribution in [3.63, 3.8) is 0 Å². The highest BCUT2D eigenvalue weighted by atomic mass is 35.5. The molecule has 1 aromatic carbocycles. The van der Waals surface area contributed by atoms with Gasteiger partial charge in [-0.3, -0.25) is 9.59 Å². The summed E-state index contributed by atoms with van der Waals surface area (Å²) in [5, 5.41) is 0.676. The largest absolute Gasteiger partial charge is 0.378 e. The SMILES string of the molecule is O=C(N1CCOCC1)C1(Cc2ccc(Cl)cc2)CN(c2cc(=O)[nH]cn2)C1. The van der Waals surface area contributed by atoms with E-state index in [2.05, 4.69) is 9.97 Å². The second-order valence-corrected chi connectivity index (χ2v) is 7.55. The minimum Gasteiger partial charge on any atom is -0.378 e. The van der Waals surface area contributed by atoms with Gasteiger partial charge in [-0.2, -0.15) is 0 Å². The molecule has 0 unspecified atom stereocenters. The van der Waals surface area contributed by atoms with Crippen LogP contribution in [0.25, 0.3) is 0 Å². The zero-order valence-electron chi connectivity index (χ0n) is 14.9. The van der Waals surface area contributed by atoms with Crippen molar-refractivity contribution in [2.45, 2.75) is 6.42 Å². The number of hydrogen-bond acceptors (Lipinski definition) is 5. The van der Waals surface area contributed by atoms with E-state index in [1.165, 1.54) is 12.4 Å². The molecule has 2 aliphatic rings. The first kappa shape index (κ1) is 18.0. The molecule has 3 heterocycles. The molecule has 0 atom stereocenters. The lowest BCUT2D eigenvalue weighted by Gasteiger charge is -2.51. The average molecular weight is 389 g/mol. The smallest absolute Gasteiger partial charge is 0.252 e. The van der Waals surface area contributed by atoms with Crippen LogP contribution < -0.4 is 10.5 Å². The highest BCUT2D eigenvalue weighted by Gasteiger charge is 2.51. The van der Waals surface area contributed by atoms with Gasteiger partial charge >= 0.3 is 0 Å². The van der Waals surface area contributed by atoms with E-state index in [0.29, 0.717) is 56.7 Å². The van der Waals surface area contributed by atoms with Gasteiger partial charge in [0.05, 0.1) is 25.0 Å². The molecule has 2 aliphatic heterocycles. The Bertz CT molecular complexity index is 871. The fraction of sp³-hybridized carbons (Fsp3) is 0.421. The van der Waals surface area contributed by atoms with Crippen LogP contribution in [0.4, 0.5) is 5.82 Å². The van der Waals surface area contributed by atoms with Gasteiger partial charge in [-0.25, -0.2) is 4.98 Å². The fourth-order valence-corrected chi connectivity index (χ4v) is 3.92. The molecule has 27 heavy (non-hydrogen) atoms. The molecule has 8 heteroatoms. The number of carbonyl (C=O) groups is 1. The first-order chi connectivity index (χ1) is 13.1. The number of morpholine rings is 1. The Hall–Kier alpha value is -2.38. The van der Waals surface area contributed by atoms with Crippen molar-refractivity contribution in [1.82, 2.24) is 14.9 Å². The van der Waals surface area contributed by atoms with Crippen LogP contribution in [0.3, 0.4) is 0 Å². The highest BCUT2D eigenvalue weighted by Crippen LogP contribution is 2.38. The van der Waals surface area contributed by atoms with Crippen LogP contribution >= 0.6 is 11.6 Å². The van der Waals surface area contributed by atoms with Crippen molar-refractivity contribution in [1.29, 1.82) is 0 Å². The van der Waals surface area contributed by atoms with E-state index >= 15 is 0 Å². The van der Waals surface area contributed by atoms with Crippen LogP contribution in [-0.2, 0) is 16.0 Å². The van der Waals surface area contributed by atoms with Crippen LogP contribution in [0.1, 0.15) is 5.56 Å². The summed E-state index contributed by atoms with van der Waals surface area (Å²) in [6.07, 6.45) is 2.01. The summed E-state index contributed by atoms with van der Waals surface area (Å²) in [7, 11) is 0. The molecule has 1 N–H and O–H groups in total.